The van der Waals surface area contributed by atoms with Gasteiger partial charge in [-0.05, 0) is 30.5 Å². The van der Waals surface area contributed by atoms with E-state index in [1.807, 2.05) is 6.07 Å². The lowest BCUT2D eigenvalue weighted by atomic mass is 9.99. The van der Waals surface area contributed by atoms with Crippen molar-refractivity contribution in [3.8, 4) is 0 Å². The highest BCUT2D eigenvalue weighted by Crippen LogP contribution is 2.31. The Morgan fingerprint density at radius 3 is 2.45 bits per heavy atom. The van der Waals surface area contributed by atoms with Crippen LogP contribution in [0.2, 0.25) is 0 Å². The summed E-state index contributed by atoms with van der Waals surface area (Å²) in [6.45, 7) is 6.06. The van der Waals surface area contributed by atoms with E-state index < -0.39 is 0 Å². The predicted molar refractivity (Wildman–Crippen MR) is 81.8 cm³/mol. The third kappa shape index (κ3) is 2.77. The molecule has 2 unspecified atom stereocenters. The van der Waals surface area contributed by atoms with Crippen molar-refractivity contribution < 1.29 is 4.74 Å². The molecule has 1 saturated heterocycles. The van der Waals surface area contributed by atoms with Crippen LogP contribution in [0.25, 0.3) is 0 Å². The van der Waals surface area contributed by atoms with Gasteiger partial charge in [-0.15, -0.1) is 0 Å². The number of morpholine rings is 1. The minimum absolute atomic E-state index is 0.134. The van der Waals surface area contributed by atoms with Gasteiger partial charge in [0.2, 0.25) is 0 Å². The fourth-order valence-electron chi connectivity index (χ4n) is 2.87. The fraction of sp³-hybridized carbons (Fsp3) is 0.333. The van der Waals surface area contributed by atoms with Crippen LogP contribution < -0.4 is 5.32 Å². The largest absolute Gasteiger partial charge is 0.363 e. The first kappa shape index (κ1) is 13.3. The normalized spacial score (nSPS) is 22.7. The monoisotopic (exact) mass is 267 g/mol. The Hall–Kier alpha value is -1.64. The first-order valence-corrected chi connectivity index (χ1v) is 7.22. The molecule has 20 heavy (non-hydrogen) atoms. The van der Waals surface area contributed by atoms with E-state index >= 15 is 0 Å². The lowest BCUT2D eigenvalue weighted by molar-refractivity contribution is -0.0408. The molecular weight excluding hydrogens is 246 g/mol. The highest BCUT2D eigenvalue weighted by Gasteiger charge is 2.25. The number of hydrogen-bond acceptors (Lipinski definition) is 2. The van der Waals surface area contributed by atoms with Gasteiger partial charge in [-0.25, -0.2) is 0 Å². The number of aryl methyl sites for hydroxylation is 2. The highest BCUT2D eigenvalue weighted by atomic mass is 16.5. The molecule has 0 spiro atoms. The van der Waals surface area contributed by atoms with Crippen molar-refractivity contribution in [3.05, 3.63) is 70.8 Å². The van der Waals surface area contributed by atoms with Crippen LogP contribution in [0, 0.1) is 13.8 Å². The maximum atomic E-state index is 6.32. The predicted octanol–water partition coefficient (Wildman–Crippen LogP) is 3.71. The minimum Gasteiger partial charge on any atom is -0.363 e. The molecule has 1 aliphatic heterocycles. The van der Waals surface area contributed by atoms with Gasteiger partial charge in [0.1, 0.15) is 0 Å². The molecule has 0 bridgehead atoms. The Kier molecular flexibility index (Phi) is 3.86. The summed E-state index contributed by atoms with van der Waals surface area (Å²) in [5, 5.41) is 3.50. The smallest absolute Gasteiger partial charge is 0.0960 e. The molecule has 1 N–H and O–H groups in total. The van der Waals surface area contributed by atoms with E-state index in [-0.39, 0.29) is 12.2 Å². The van der Waals surface area contributed by atoms with E-state index in [1.165, 1.54) is 22.3 Å². The zero-order chi connectivity index (χ0) is 13.9. The fourth-order valence-corrected chi connectivity index (χ4v) is 2.87. The van der Waals surface area contributed by atoms with Gasteiger partial charge in [-0.3, -0.25) is 0 Å². The summed E-state index contributed by atoms with van der Waals surface area (Å²) in [6.07, 6.45) is 0.269. The maximum Gasteiger partial charge on any atom is 0.0960 e. The first-order valence-electron chi connectivity index (χ1n) is 7.22. The Labute approximate surface area is 120 Å². The van der Waals surface area contributed by atoms with Crippen LogP contribution in [0.1, 0.15) is 34.5 Å². The van der Waals surface area contributed by atoms with Gasteiger partial charge in [0.25, 0.3) is 0 Å². The number of ether oxygens (including phenoxy) is 1. The molecule has 0 aliphatic carbocycles. The van der Waals surface area contributed by atoms with Crippen molar-refractivity contribution >= 4 is 0 Å². The van der Waals surface area contributed by atoms with Crippen LogP contribution in [0.3, 0.4) is 0 Å². The van der Waals surface area contributed by atoms with Crippen molar-refractivity contribution in [3.63, 3.8) is 0 Å². The summed E-state index contributed by atoms with van der Waals surface area (Å²) in [6, 6.07) is 17.0. The molecule has 2 aromatic carbocycles. The molecule has 0 radical (unpaired) electrons. The summed E-state index contributed by atoms with van der Waals surface area (Å²) in [5.41, 5.74) is 5.15. The maximum absolute atomic E-state index is 6.32. The topological polar surface area (TPSA) is 21.3 Å². The summed E-state index contributed by atoms with van der Waals surface area (Å²) in [5.74, 6) is 0. The van der Waals surface area contributed by atoms with E-state index in [4.69, 9.17) is 4.74 Å². The second-order valence-electron chi connectivity index (χ2n) is 5.54. The van der Waals surface area contributed by atoms with Gasteiger partial charge >= 0.3 is 0 Å². The average molecular weight is 267 g/mol. The Morgan fingerprint density at radius 2 is 1.70 bits per heavy atom. The zero-order valence-corrected chi connectivity index (χ0v) is 12.1. The summed E-state index contributed by atoms with van der Waals surface area (Å²) >= 11 is 0. The number of nitrogens with one attached hydrogen (secondary N) is 1. The van der Waals surface area contributed by atoms with Crippen LogP contribution in [-0.4, -0.2) is 13.1 Å². The summed E-state index contributed by atoms with van der Waals surface area (Å²) < 4.78 is 6.32. The lowest BCUT2D eigenvalue weighted by Gasteiger charge is -2.32. The molecule has 0 amide bonds. The SMILES string of the molecule is Cc1ccc(C2CNCC(c3ccccc3)O2)c(C)c1. The molecule has 104 valence electrons. The van der Waals surface area contributed by atoms with Crippen molar-refractivity contribution in [1.29, 1.82) is 0 Å². The second kappa shape index (κ2) is 5.78. The van der Waals surface area contributed by atoms with Crippen LogP contribution in [0.4, 0.5) is 0 Å². The first-order chi connectivity index (χ1) is 9.74. The van der Waals surface area contributed by atoms with Crippen molar-refractivity contribution in [2.24, 2.45) is 0 Å². The molecular formula is C18H21NO. The molecule has 0 aromatic heterocycles. The summed E-state index contributed by atoms with van der Waals surface area (Å²) in [7, 11) is 0. The average Bonchev–Trinajstić information content (AvgIpc) is 2.48. The van der Waals surface area contributed by atoms with Crippen molar-refractivity contribution in [2.75, 3.05) is 13.1 Å². The molecule has 2 atom stereocenters. The van der Waals surface area contributed by atoms with Crippen molar-refractivity contribution in [2.45, 2.75) is 26.1 Å². The Bertz CT molecular complexity index is 579. The van der Waals surface area contributed by atoms with Gasteiger partial charge < -0.3 is 10.1 Å². The lowest BCUT2D eigenvalue weighted by Crippen LogP contribution is -2.36. The van der Waals surface area contributed by atoms with Crippen LogP contribution in [0.5, 0.6) is 0 Å². The van der Waals surface area contributed by atoms with E-state index in [0.717, 1.165) is 13.1 Å². The third-order valence-electron chi connectivity index (χ3n) is 3.93. The molecule has 1 fully saturated rings. The molecule has 2 heteroatoms. The second-order valence-corrected chi connectivity index (χ2v) is 5.54. The van der Waals surface area contributed by atoms with Crippen LogP contribution in [-0.2, 0) is 4.74 Å². The molecule has 3 rings (SSSR count). The molecule has 0 saturated carbocycles. The minimum atomic E-state index is 0.134. The third-order valence-corrected chi connectivity index (χ3v) is 3.93. The number of benzene rings is 2. The number of hydrogen-bond donors (Lipinski definition) is 1. The van der Waals surface area contributed by atoms with Gasteiger partial charge in [-0.2, -0.15) is 0 Å². The van der Waals surface area contributed by atoms with Gasteiger partial charge in [0.05, 0.1) is 12.2 Å². The molecule has 1 heterocycles. The zero-order valence-electron chi connectivity index (χ0n) is 12.1. The van der Waals surface area contributed by atoms with Crippen molar-refractivity contribution in [1.82, 2.24) is 5.32 Å². The number of rotatable bonds is 2. The highest BCUT2D eigenvalue weighted by molar-refractivity contribution is 5.33. The van der Waals surface area contributed by atoms with Gasteiger partial charge in [0.15, 0.2) is 0 Å². The Balaban J connectivity index is 1.81. The van der Waals surface area contributed by atoms with Crippen LogP contribution in [0.15, 0.2) is 48.5 Å². The Morgan fingerprint density at radius 1 is 0.950 bits per heavy atom. The van der Waals surface area contributed by atoms with E-state index in [9.17, 15) is 0 Å². The molecule has 2 aromatic rings. The van der Waals surface area contributed by atoms with E-state index in [1.54, 1.807) is 0 Å². The van der Waals surface area contributed by atoms with E-state index in [0.29, 0.717) is 0 Å². The molecule has 1 aliphatic rings. The van der Waals surface area contributed by atoms with Crippen LogP contribution >= 0.6 is 0 Å². The quantitative estimate of drug-likeness (QED) is 0.895. The molecule has 2 nitrogen and oxygen atoms in total. The van der Waals surface area contributed by atoms with Gasteiger partial charge in [0, 0.05) is 13.1 Å². The summed E-state index contributed by atoms with van der Waals surface area (Å²) in [4.78, 5) is 0. The van der Waals surface area contributed by atoms with E-state index in [2.05, 4.69) is 61.6 Å². The standard InChI is InChI=1S/C18H21NO/c1-13-8-9-16(14(2)10-13)18-12-19-11-17(20-18)15-6-4-3-5-7-15/h3-10,17-19H,11-12H2,1-2H3. The van der Waals surface area contributed by atoms with Gasteiger partial charge in [-0.1, -0.05) is 54.1 Å².